The van der Waals surface area contributed by atoms with Crippen LogP contribution in [0.3, 0.4) is 0 Å². The summed E-state index contributed by atoms with van der Waals surface area (Å²) in [5.74, 6) is -1.17. The number of aliphatic hydroxyl groups excluding tert-OH is 2. The summed E-state index contributed by atoms with van der Waals surface area (Å²) in [7, 11) is 0. The predicted molar refractivity (Wildman–Crippen MR) is 92.0 cm³/mol. The molecule has 26 heavy (non-hydrogen) atoms. The molecule has 6 nitrogen and oxygen atoms in total. The van der Waals surface area contributed by atoms with Crippen molar-refractivity contribution in [2.24, 2.45) is 28.6 Å². The third kappa shape index (κ3) is 1.64. The normalized spacial score (nSPS) is 68.0. The van der Waals surface area contributed by atoms with Gasteiger partial charge in [-0.1, -0.05) is 13.8 Å². The van der Waals surface area contributed by atoms with Gasteiger partial charge < -0.3 is 30.3 Å². The second kappa shape index (κ2) is 4.50. The van der Waals surface area contributed by atoms with E-state index in [9.17, 15) is 25.5 Å². The van der Waals surface area contributed by atoms with Crippen molar-refractivity contribution in [2.75, 3.05) is 0 Å². The quantitative estimate of drug-likeness (QED) is 0.390. The third-order valence-corrected chi connectivity index (χ3v) is 9.40. The van der Waals surface area contributed by atoms with E-state index in [1.165, 1.54) is 0 Å². The average molecular weight is 368 g/mol. The first-order valence-electron chi connectivity index (χ1n) is 10.0. The van der Waals surface area contributed by atoms with Crippen molar-refractivity contribution in [2.45, 2.75) is 94.6 Å². The lowest BCUT2D eigenvalue weighted by Gasteiger charge is -2.51. The van der Waals surface area contributed by atoms with Gasteiger partial charge in [0.1, 0.15) is 5.60 Å². The number of epoxide rings is 1. The van der Waals surface area contributed by atoms with E-state index in [2.05, 4.69) is 0 Å². The van der Waals surface area contributed by atoms with Crippen LogP contribution >= 0.6 is 0 Å². The third-order valence-electron chi connectivity index (χ3n) is 9.40. The smallest absolute Gasteiger partial charge is 0.106 e. The fourth-order valence-electron chi connectivity index (χ4n) is 8.27. The van der Waals surface area contributed by atoms with E-state index in [0.717, 1.165) is 0 Å². The second-order valence-corrected chi connectivity index (χ2v) is 10.9. The van der Waals surface area contributed by atoms with Gasteiger partial charge in [-0.05, 0) is 45.4 Å². The van der Waals surface area contributed by atoms with Gasteiger partial charge in [0.05, 0.1) is 35.6 Å². The van der Waals surface area contributed by atoms with E-state index >= 15 is 0 Å². The Balaban J connectivity index is 1.70. The molecule has 5 aliphatic rings. The topological polar surface area (TPSA) is 114 Å². The van der Waals surface area contributed by atoms with Gasteiger partial charge in [-0.15, -0.1) is 0 Å². The lowest BCUT2D eigenvalue weighted by Crippen LogP contribution is -2.63. The Bertz CT molecular complexity index is 659. The van der Waals surface area contributed by atoms with Gasteiger partial charge in [-0.3, -0.25) is 0 Å². The monoisotopic (exact) mass is 368 g/mol. The Hall–Kier alpha value is -0.240. The minimum absolute atomic E-state index is 0.166. The standard InChI is InChI=1S/C20H32O6/c1-16(2)15-12(26-15)13-18(4,24)10-6-5-9-14(22)19(10,8-17(9,3)23)7-11(21)20(13,16)25/h9-15,21-25H,5-8H2,1-4H3/t9-,10+,11-,12-,13-,14+,15-,17-,18+,19+,20-/m0/s1. The zero-order chi connectivity index (χ0) is 19.1. The summed E-state index contributed by atoms with van der Waals surface area (Å²) < 4.78 is 5.82. The number of ether oxygens (including phenoxy) is 1. The molecule has 0 amide bonds. The van der Waals surface area contributed by atoms with Crippen molar-refractivity contribution in [1.29, 1.82) is 0 Å². The minimum atomic E-state index is -1.49. The first-order valence-corrected chi connectivity index (χ1v) is 10.0. The summed E-state index contributed by atoms with van der Waals surface area (Å²) in [5.41, 5.74) is -5.30. The summed E-state index contributed by atoms with van der Waals surface area (Å²) in [6, 6.07) is 0. The molecule has 1 saturated heterocycles. The van der Waals surface area contributed by atoms with Gasteiger partial charge >= 0.3 is 0 Å². The molecule has 0 aromatic carbocycles. The fourth-order valence-corrected chi connectivity index (χ4v) is 8.27. The van der Waals surface area contributed by atoms with Crippen LogP contribution < -0.4 is 0 Å². The van der Waals surface area contributed by atoms with E-state index in [1.807, 2.05) is 13.8 Å². The van der Waals surface area contributed by atoms with Crippen LogP contribution in [0.1, 0.15) is 53.4 Å². The molecule has 0 aromatic heterocycles. The van der Waals surface area contributed by atoms with Crippen molar-refractivity contribution in [1.82, 2.24) is 0 Å². The molecule has 0 aromatic rings. The van der Waals surface area contributed by atoms with Crippen LogP contribution in [0.5, 0.6) is 0 Å². The Morgan fingerprint density at radius 3 is 2.27 bits per heavy atom. The summed E-state index contributed by atoms with van der Waals surface area (Å²) in [4.78, 5) is 0. The maximum absolute atomic E-state index is 11.8. The number of aliphatic hydroxyl groups is 5. The Morgan fingerprint density at radius 2 is 1.62 bits per heavy atom. The van der Waals surface area contributed by atoms with E-state index < -0.39 is 45.8 Å². The van der Waals surface area contributed by atoms with Gasteiger partial charge in [-0.25, -0.2) is 0 Å². The highest BCUT2D eigenvalue weighted by atomic mass is 16.6. The Labute approximate surface area is 154 Å². The van der Waals surface area contributed by atoms with E-state index in [4.69, 9.17) is 4.74 Å². The molecule has 11 atom stereocenters. The molecule has 5 N–H and O–H groups in total. The molecule has 5 rings (SSSR count). The Morgan fingerprint density at radius 1 is 0.962 bits per heavy atom. The summed E-state index contributed by atoms with van der Waals surface area (Å²) in [6.07, 6.45) is -0.485. The van der Waals surface area contributed by atoms with Crippen molar-refractivity contribution in [3.8, 4) is 0 Å². The predicted octanol–water partition coefficient (Wildman–Crippen LogP) is 0.185. The molecule has 5 fully saturated rings. The van der Waals surface area contributed by atoms with Crippen LogP contribution in [-0.4, -0.2) is 66.8 Å². The van der Waals surface area contributed by atoms with Gasteiger partial charge in [0.2, 0.25) is 0 Å². The average Bonchev–Trinajstić information content (AvgIpc) is 3.22. The molecule has 4 saturated carbocycles. The molecule has 4 aliphatic carbocycles. The fraction of sp³-hybridized carbons (Fsp3) is 1.00. The molecule has 2 bridgehead atoms. The SMILES string of the molecule is CC1(C)[C@H]2O[C@H]2[C@H]2[C@](C)(O)[C@H]3CC[C@H]4[C@@H](O)[C@]3(C[C@H](O)[C@]21O)C[C@]4(C)O. The molecule has 1 aliphatic heterocycles. The molecule has 0 unspecified atom stereocenters. The number of fused-ring (bicyclic) bond motifs is 4. The molecule has 1 spiro atoms. The van der Waals surface area contributed by atoms with Crippen LogP contribution in [0.25, 0.3) is 0 Å². The van der Waals surface area contributed by atoms with E-state index in [1.54, 1.807) is 13.8 Å². The zero-order valence-electron chi connectivity index (χ0n) is 16.0. The Kier molecular flexibility index (Phi) is 3.08. The number of rotatable bonds is 0. The highest BCUT2D eigenvalue weighted by Crippen LogP contribution is 2.72. The van der Waals surface area contributed by atoms with Crippen molar-refractivity contribution < 1.29 is 30.3 Å². The summed E-state index contributed by atoms with van der Waals surface area (Å²) >= 11 is 0. The number of hydrogen-bond donors (Lipinski definition) is 5. The molecule has 148 valence electrons. The molecule has 6 heteroatoms. The molecular weight excluding hydrogens is 336 g/mol. The number of hydrogen-bond acceptors (Lipinski definition) is 6. The molecular formula is C20H32O6. The van der Waals surface area contributed by atoms with Gasteiger partial charge in [0.15, 0.2) is 0 Å². The van der Waals surface area contributed by atoms with Crippen LogP contribution in [0.4, 0.5) is 0 Å². The van der Waals surface area contributed by atoms with Crippen molar-refractivity contribution in [3.63, 3.8) is 0 Å². The highest BCUT2D eigenvalue weighted by Gasteiger charge is 2.82. The molecule has 1 heterocycles. The van der Waals surface area contributed by atoms with Crippen LogP contribution in [0, 0.1) is 28.6 Å². The lowest BCUT2D eigenvalue weighted by atomic mass is 9.57. The van der Waals surface area contributed by atoms with Crippen LogP contribution in [-0.2, 0) is 4.74 Å². The molecule has 0 radical (unpaired) electrons. The van der Waals surface area contributed by atoms with E-state index in [-0.39, 0.29) is 30.5 Å². The van der Waals surface area contributed by atoms with Crippen molar-refractivity contribution >= 4 is 0 Å². The van der Waals surface area contributed by atoms with Gasteiger partial charge in [0.25, 0.3) is 0 Å². The lowest BCUT2D eigenvalue weighted by molar-refractivity contribution is -0.222. The maximum Gasteiger partial charge on any atom is 0.106 e. The zero-order valence-corrected chi connectivity index (χ0v) is 16.0. The van der Waals surface area contributed by atoms with Gasteiger partial charge in [0, 0.05) is 22.7 Å². The highest BCUT2D eigenvalue weighted by molar-refractivity contribution is 5.31. The van der Waals surface area contributed by atoms with Crippen molar-refractivity contribution in [3.05, 3.63) is 0 Å². The maximum atomic E-state index is 11.8. The van der Waals surface area contributed by atoms with Crippen LogP contribution in [0.15, 0.2) is 0 Å². The van der Waals surface area contributed by atoms with Gasteiger partial charge in [-0.2, -0.15) is 0 Å². The summed E-state index contributed by atoms with van der Waals surface area (Å²) in [6.45, 7) is 7.29. The van der Waals surface area contributed by atoms with Crippen LogP contribution in [0.2, 0.25) is 0 Å². The first-order chi connectivity index (χ1) is 11.8. The summed E-state index contributed by atoms with van der Waals surface area (Å²) in [5, 5.41) is 56.9. The van der Waals surface area contributed by atoms with E-state index in [0.29, 0.717) is 19.3 Å². The minimum Gasteiger partial charge on any atom is -0.392 e. The largest absolute Gasteiger partial charge is 0.392 e. The first kappa shape index (κ1) is 17.8. The second-order valence-electron chi connectivity index (χ2n) is 10.9.